The van der Waals surface area contributed by atoms with Crippen LogP contribution in [-0.2, 0) is 9.47 Å². The molecule has 1 heterocycles. The Kier molecular flexibility index (Phi) is 6.21. The van der Waals surface area contributed by atoms with Gasteiger partial charge >= 0.3 is 0 Å². The number of pyridine rings is 1. The zero-order chi connectivity index (χ0) is 14.1. The van der Waals surface area contributed by atoms with Gasteiger partial charge in [0.05, 0.1) is 24.7 Å². The molecule has 0 spiro atoms. The first-order valence-corrected chi connectivity index (χ1v) is 5.54. The fourth-order valence-electron chi connectivity index (χ4n) is 1.27. The van der Waals surface area contributed by atoms with Crippen molar-refractivity contribution >= 4 is 11.5 Å². The van der Waals surface area contributed by atoms with Crippen molar-refractivity contribution in [2.75, 3.05) is 38.8 Å². The van der Waals surface area contributed by atoms with Gasteiger partial charge in [-0.2, -0.15) is 5.26 Å². The maximum absolute atomic E-state index is 10.5. The Morgan fingerprint density at radius 1 is 1.53 bits per heavy atom. The maximum atomic E-state index is 10.5. The summed E-state index contributed by atoms with van der Waals surface area (Å²) in [4.78, 5) is 13.8. The van der Waals surface area contributed by atoms with E-state index in [1.54, 1.807) is 7.11 Å². The van der Waals surface area contributed by atoms with Crippen molar-refractivity contribution in [3.05, 3.63) is 27.9 Å². The highest BCUT2D eigenvalue weighted by atomic mass is 16.6. The third kappa shape index (κ3) is 4.87. The van der Waals surface area contributed by atoms with Gasteiger partial charge in [-0.15, -0.1) is 0 Å². The number of nitrogens with one attached hydrogen (secondary N) is 1. The minimum absolute atomic E-state index is 0.131. The van der Waals surface area contributed by atoms with E-state index < -0.39 is 4.92 Å². The lowest BCUT2D eigenvalue weighted by Gasteiger charge is -2.07. The number of nitriles is 1. The predicted molar refractivity (Wildman–Crippen MR) is 66.8 cm³/mol. The van der Waals surface area contributed by atoms with Crippen LogP contribution in [0.15, 0.2) is 12.3 Å². The van der Waals surface area contributed by atoms with E-state index in [4.69, 9.17) is 14.7 Å². The third-order valence-electron chi connectivity index (χ3n) is 2.18. The topological polar surface area (TPSA) is 110 Å². The molecule has 0 atom stereocenters. The van der Waals surface area contributed by atoms with Gasteiger partial charge in [0, 0.05) is 19.7 Å². The summed E-state index contributed by atoms with van der Waals surface area (Å²) in [6, 6.07) is 3.04. The van der Waals surface area contributed by atoms with E-state index in [2.05, 4.69) is 10.3 Å². The molecule has 1 rings (SSSR count). The summed E-state index contributed by atoms with van der Waals surface area (Å²) < 4.78 is 10.0. The fraction of sp³-hybridized carbons (Fsp3) is 0.455. The second kappa shape index (κ2) is 7.97. The molecule has 0 unspecified atom stereocenters. The molecule has 0 saturated heterocycles. The smallest absolute Gasteiger partial charge is 0.289 e. The van der Waals surface area contributed by atoms with Gasteiger partial charge in [0.25, 0.3) is 5.69 Å². The molecule has 0 radical (unpaired) electrons. The number of nitro groups is 1. The molecule has 19 heavy (non-hydrogen) atoms. The SMILES string of the molecule is COCCOCCNc1ncc([N+](=O)[O-])cc1C#N. The highest BCUT2D eigenvalue weighted by molar-refractivity contribution is 5.55. The lowest BCUT2D eigenvalue weighted by atomic mass is 10.2. The number of hydrogen-bond acceptors (Lipinski definition) is 7. The van der Waals surface area contributed by atoms with Crippen LogP contribution in [-0.4, -0.2) is 43.4 Å². The van der Waals surface area contributed by atoms with E-state index in [1.165, 1.54) is 6.07 Å². The molecule has 1 aromatic heterocycles. The number of methoxy groups -OCH3 is 1. The van der Waals surface area contributed by atoms with Crippen LogP contribution >= 0.6 is 0 Å². The minimum Gasteiger partial charge on any atom is -0.382 e. The Morgan fingerprint density at radius 3 is 2.95 bits per heavy atom. The molecule has 8 nitrogen and oxygen atoms in total. The Balaban J connectivity index is 2.50. The number of ether oxygens (including phenoxy) is 2. The molecule has 0 saturated carbocycles. The van der Waals surface area contributed by atoms with E-state index in [9.17, 15) is 10.1 Å². The number of aromatic nitrogens is 1. The van der Waals surface area contributed by atoms with Gasteiger partial charge in [-0.3, -0.25) is 10.1 Å². The number of nitrogens with zero attached hydrogens (tertiary/aromatic N) is 3. The summed E-state index contributed by atoms with van der Waals surface area (Å²) in [5.41, 5.74) is -0.0791. The number of rotatable bonds is 8. The molecule has 1 aromatic rings. The molecular weight excluding hydrogens is 252 g/mol. The van der Waals surface area contributed by atoms with Crippen LogP contribution in [0.25, 0.3) is 0 Å². The average molecular weight is 266 g/mol. The molecular formula is C11H14N4O4. The first-order valence-electron chi connectivity index (χ1n) is 5.54. The van der Waals surface area contributed by atoms with Gasteiger partial charge in [-0.1, -0.05) is 0 Å². The normalized spacial score (nSPS) is 9.89. The Labute approximate surface area is 110 Å². The van der Waals surface area contributed by atoms with E-state index in [-0.39, 0.29) is 11.3 Å². The van der Waals surface area contributed by atoms with Crippen LogP contribution in [0.5, 0.6) is 0 Å². The lowest BCUT2D eigenvalue weighted by Crippen LogP contribution is -2.13. The van der Waals surface area contributed by atoms with Crippen molar-refractivity contribution in [1.82, 2.24) is 4.98 Å². The van der Waals surface area contributed by atoms with Crippen LogP contribution in [0, 0.1) is 21.4 Å². The van der Waals surface area contributed by atoms with Gasteiger partial charge < -0.3 is 14.8 Å². The highest BCUT2D eigenvalue weighted by Gasteiger charge is 2.11. The number of anilines is 1. The number of hydrogen-bond donors (Lipinski definition) is 1. The third-order valence-corrected chi connectivity index (χ3v) is 2.18. The molecule has 0 aliphatic heterocycles. The monoisotopic (exact) mass is 266 g/mol. The minimum atomic E-state index is -0.592. The van der Waals surface area contributed by atoms with Gasteiger partial charge in [0.2, 0.25) is 0 Å². The summed E-state index contributed by atoms with van der Waals surface area (Å²) in [6.45, 7) is 1.87. The second-order valence-corrected chi connectivity index (χ2v) is 3.49. The lowest BCUT2D eigenvalue weighted by molar-refractivity contribution is -0.385. The van der Waals surface area contributed by atoms with E-state index in [0.29, 0.717) is 32.2 Å². The van der Waals surface area contributed by atoms with E-state index in [1.807, 2.05) is 6.07 Å². The predicted octanol–water partition coefficient (Wildman–Crippen LogP) is 0.936. The summed E-state index contributed by atoms with van der Waals surface area (Å²) in [6.07, 6.45) is 1.11. The van der Waals surface area contributed by atoms with Crippen molar-refractivity contribution in [2.45, 2.75) is 0 Å². The fourth-order valence-corrected chi connectivity index (χ4v) is 1.27. The Bertz CT molecular complexity index is 472. The first-order chi connectivity index (χ1) is 9.19. The summed E-state index contributed by atoms with van der Waals surface area (Å²) >= 11 is 0. The quantitative estimate of drug-likeness (QED) is 0.423. The van der Waals surface area contributed by atoms with Crippen LogP contribution in [0.1, 0.15) is 5.56 Å². The van der Waals surface area contributed by atoms with E-state index >= 15 is 0 Å². The van der Waals surface area contributed by atoms with Crippen molar-refractivity contribution in [3.8, 4) is 6.07 Å². The van der Waals surface area contributed by atoms with Gasteiger partial charge in [-0.05, 0) is 0 Å². The van der Waals surface area contributed by atoms with Crippen molar-refractivity contribution in [1.29, 1.82) is 5.26 Å². The molecule has 0 aliphatic carbocycles. The van der Waals surface area contributed by atoms with Crippen LogP contribution in [0.4, 0.5) is 11.5 Å². The Hall–Kier alpha value is -2.24. The summed E-state index contributed by atoms with van der Waals surface area (Å²) in [5, 5.41) is 22.3. The maximum Gasteiger partial charge on any atom is 0.289 e. The molecule has 0 amide bonds. The van der Waals surface area contributed by atoms with Crippen molar-refractivity contribution in [3.63, 3.8) is 0 Å². The standard InChI is InChI=1S/C11H14N4O4/c1-18-4-5-19-3-2-13-11-9(7-12)6-10(8-14-11)15(16)17/h6,8H,2-5H2,1H3,(H,13,14). The van der Waals surface area contributed by atoms with Crippen LogP contribution < -0.4 is 5.32 Å². The molecule has 102 valence electrons. The average Bonchev–Trinajstić information content (AvgIpc) is 2.42. The molecule has 1 N–H and O–H groups in total. The Morgan fingerprint density at radius 2 is 2.32 bits per heavy atom. The van der Waals surface area contributed by atoms with Gasteiger partial charge in [0.1, 0.15) is 23.6 Å². The molecule has 0 aromatic carbocycles. The van der Waals surface area contributed by atoms with Crippen molar-refractivity contribution < 1.29 is 14.4 Å². The molecule has 0 fully saturated rings. The van der Waals surface area contributed by atoms with Gasteiger partial charge in [-0.25, -0.2) is 4.98 Å². The largest absolute Gasteiger partial charge is 0.382 e. The van der Waals surface area contributed by atoms with Crippen LogP contribution in [0.2, 0.25) is 0 Å². The zero-order valence-corrected chi connectivity index (χ0v) is 10.5. The molecule has 8 heteroatoms. The van der Waals surface area contributed by atoms with Gasteiger partial charge in [0.15, 0.2) is 0 Å². The summed E-state index contributed by atoms with van der Waals surface area (Å²) in [5.74, 6) is 0.309. The zero-order valence-electron chi connectivity index (χ0n) is 10.5. The van der Waals surface area contributed by atoms with Crippen molar-refractivity contribution in [2.24, 2.45) is 0 Å². The molecule has 0 aliphatic rings. The van der Waals surface area contributed by atoms with Crippen LogP contribution in [0.3, 0.4) is 0 Å². The van der Waals surface area contributed by atoms with E-state index in [0.717, 1.165) is 6.20 Å². The second-order valence-electron chi connectivity index (χ2n) is 3.49. The highest BCUT2D eigenvalue weighted by Crippen LogP contribution is 2.17. The summed E-state index contributed by atoms with van der Waals surface area (Å²) in [7, 11) is 1.58. The molecule has 0 bridgehead atoms. The first kappa shape index (κ1) is 14.8.